The molecule has 1 aromatic carbocycles. The maximum Gasteiger partial charge on any atom is 0.234 e. The quantitative estimate of drug-likeness (QED) is 0.800. The molecule has 2 aromatic rings. The molecule has 1 unspecified atom stereocenters. The number of fused-ring (bicyclic) bond motifs is 3. The van der Waals surface area contributed by atoms with Gasteiger partial charge in [0.05, 0.1) is 38.0 Å². The van der Waals surface area contributed by atoms with Crippen molar-refractivity contribution in [2.45, 2.75) is 19.4 Å². The average molecular weight is 385 g/mol. The molecule has 0 radical (unpaired) electrons. The summed E-state index contributed by atoms with van der Waals surface area (Å²) < 4.78 is 11.3. The Hall–Kier alpha value is -3.60. The van der Waals surface area contributed by atoms with Gasteiger partial charge in [-0.15, -0.1) is 0 Å². The largest absolute Gasteiger partial charge is 0.477 e. The van der Waals surface area contributed by atoms with Crippen molar-refractivity contribution in [3.05, 3.63) is 41.5 Å². The molecule has 1 atom stereocenters. The van der Waals surface area contributed by atoms with Gasteiger partial charge in [-0.25, -0.2) is 0 Å². The van der Waals surface area contributed by atoms with Crippen molar-refractivity contribution in [3.8, 4) is 35.2 Å². The highest BCUT2D eigenvalue weighted by atomic mass is 16.5. The van der Waals surface area contributed by atoms with E-state index in [1.165, 1.54) is 0 Å². The van der Waals surface area contributed by atoms with Gasteiger partial charge in [-0.2, -0.15) is 20.8 Å². The lowest BCUT2D eigenvalue weighted by molar-refractivity contribution is 0.0675. The molecule has 2 aliphatic rings. The van der Waals surface area contributed by atoms with Gasteiger partial charge in [-0.3, -0.25) is 0 Å². The van der Waals surface area contributed by atoms with E-state index in [4.69, 9.17) is 9.47 Å². The van der Waals surface area contributed by atoms with Crippen molar-refractivity contribution >= 4 is 5.82 Å². The first-order valence-corrected chi connectivity index (χ1v) is 9.51. The zero-order valence-electron chi connectivity index (χ0n) is 16.1. The Morgan fingerprint density at radius 3 is 2.66 bits per heavy atom. The van der Waals surface area contributed by atoms with Crippen molar-refractivity contribution in [3.63, 3.8) is 0 Å². The predicted molar refractivity (Wildman–Crippen MR) is 105 cm³/mol. The van der Waals surface area contributed by atoms with Crippen LogP contribution < -0.4 is 9.64 Å². The third kappa shape index (κ3) is 2.86. The second-order valence-corrected chi connectivity index (χ2v) is 7.04. The van der Waals surface area contributed by atoms with Crippen LogP contribution in [0.2, 0.25) is 0 Å². The molecule has 0 N–H and O–H groups in total. The van der Waals surface area contributed by atoms with Crippen molar-refractivity contribution in [2.75, 3.05) is 31.3 Å². The van der Waals surface area contributed by atoms with Crippen LogP contribution in [0.4, 0.5) is 5.82 Å². The van der Waals surface area contributed by atoms with Gasteiger partial charge in [0.2, 0.25) is 5.88 Å². The van der Waals surface area contributed by atoms with E-state index in [-0.39, 0.29) is 18.9 Å². The van der Waals surface area contributed by atoms with Crippen molar-refractivity contribution in [1.29, 1.82) is 15.8 Å². The summed E-state index contributed by atoms with van der Waals surface area (Å²) in [5.41, 5.74) is 1.30. The standard InChI is InChI=1S/C22H19N5O2/c1-2-29-21-17(11-23)19(15-6-4-3-5-7-15)16-10-22(13-24,14-25)18-12-28-9-8-27(18)20(16)26-21/h3-7,18H,2,8-10,12H2,1H3. The smallest absolute Gasteiger partial charge is 0.234 e. The fourth-order valence-corrected chi connectivity index (χ4v) is 4.18. The van der Waals surface area contributed by atoms with Crippen LogP contribution in [0.1, 0.15) is 18.1 Å². The summed E-state index contributed by atoms with van der Waals surface area (Å²) in [6.45, 7) is 3.50. The number of ether oxygens (including phenoxy) is 2. The van der Waals surface area contributed by atoms with Crippen LogP contribution in [0.5, 0.6) is 5.88 Å². The molecule has 0 bridgehead atoms. The third-order valence-electron chi connectivity index (χ3n) is 5.52. The minimum atomic E-state index is -1.28. The first-order valence-electron chi connectivity index (χ1n) is 9.51. The van der Waals surface area contributed by atoms with Crippen LogP contribution in [0.25, 0.3) is 11.1 Å². The average Bonchev–Trinajstić information content (AvgIpc) is 2.78. The maximum atomic E-state index is 9.97. The molecule has 1 fully saturated rings. The second kappa shape index (κ2) is 7.43. The van der Waals surface area contributed by atoms with E-state index in [0.29, 0.717) is 36.7 Å². The SMILES string of the molecule is CCOc1nc2c(c(-c3ccccc3)c1C#N)CC(C#N)(C#N)C1COCCN21. The minimum Gasteiger partial charge on any atom is -0.477 e. The molecular formula is C22H19N5O2. The van der Waals surface area contributed by atoms with Crippen LogP contribution in [0.3, 0.4) is 0 Å². The van der Waals surface area contributed by atoms with E-state index in [9.17, 15) is 15.8 Å². The summed E-state index contributed by atoms with van der Waals surface area (Å²) in [5.74, 6) is 0.944. The van der Waals surface area contributed by atoms with Crippen LogP contribution in [-0.4, -0.2) is 37.4 Å². The monoisotopic (exact) mass is 385 g/mol. The summed E-state index contributed by atoms with van der Waals surface area (Å²) in [5, 5.41) is 29.9. The van der Waals surface area contributed by atoms with E-state index in [1.54, 1.807) is 0 Å². The fraction of sp³-hybridized carbons (Fsp3) is 0.364. The van der Waals surface area contributed by atoms with E-state index < -0.39 is 11.5 Å². The number of nitriles is 3. The molecule has 0 amide bonds. The summed E-state index contributed by atoms with van der Waals surface area (Å²) >= 11 is 0. The molecule has 0 aliphatic carbocycles. The highest BCUT2D eigenvalue weighted by Crippen LogP contribution is 2.47. The zero-order chi connectivity index (χ0) is 20.4. The highest BCUT2D eigenvalue weighted by Gasteiger charge is 2.51. The Bertz CT molecular complexity index is 1050. The Labute approximate surface area is 169 Å². The van der Waals surface area contributed by atoms with Crippen molar-refractivity contribution in [1.82, 2.24) is 4.98 Å². The summed E-state index contributed by atoms with van der Waals surface area (Å²) in [4.78, 5) is 6.66. The van der Waals surface area contributed by atoms with E-state index in [0.717, 1.165) is 11.1 Å². The fourth-order valence-electron chi connectivity index (χ4n) is 4.18. The Kier molecular flexibility index (Phi) is 4.80. The van der Waals surface area contributed by atoms with Gasteiger partial charge in [0, 0.05) is 24.1 Å². The van der Waals surface area contributed by atoms with Crippen molar-refractivity contribution in [2.24, 2.45) is 5.41 Å². The molecular weight excluding hydrogens is 366 g/mol. The number of aromatic nitrogens is 1. The molecule has 2 aliphatic heterocycles. The van der Waals surface area contributed by atoms with Crippen LogP contribution in [0.15, 0.2) is 30.3 Å². The van der Waals surface area contributed by atoms with Crippen LogP contribution >= 0.6 is 0 Å². The highest BCUT2D eigenvalue weighted by molar-refractivity contribution is 5.81. The lowest BCUT2D eigenvalue weighted by Gasteiger charge is -2.47. The Morgan fingerprint density at radius 1 is 1.24 bits per heavy atom. The van der Waals surface area contributed by atoms with Gasteiger partial charge in [0.1, 0.15) is 17.5 Å². The van der Waals surface area contributed by atoms with Gasteiger partial charge in [-0.05, 0) is 12.5 Å². The number of nitrogens with zero attached hydrogens (tertiary/aromatic N) is 5. The molecule has 0 spiro atoms. The zero-order valence-corrected chi connectivity index (χ0v) is 16.1. The molecule has 3 heterocycles. The lowest BCUT2D eigenvalue weighted by atomic mass is 9.72. The summed E-state index contributed by atoms with van der Waals surface area (Å²) in [7, 11) is 0. The summed E-state index contributed by atoms with van der Waals surface area (Å²) in [6.07, 6.45) is 0.179. The van der Waals surface area contributed by atoms with Gasteiger partial charge >= 0.3 is 0 Å². The number of benzene rings is 1. The normalized spacial score (nSPS) is 19.1. The number of hydrogen-bond acceptors (Lipinski definition) is 7. The number of pyridine rings is 1. The maximum absolute atomic E-state index is 9.97. The molecule has 7 nitrogen and oxygen atoms in total. The number of morpholine rings is 1. The molecule has 1 saturated heterocycles. The van der Waals surface area contributed by atoms with Gasteiger partial charge in [0.25, 0.3) is 0 Å². The lowest BCUT2D eigenvalue weighted by Crippen LogP contribution is -2.58. The predicted octanol–water partition coefficient (Wildman–Crippen LogP) is 2.81. The summed E-state index contributed by atoms with van der Waals surface area (Å²) in [6, 6.07) is 15.8. The first kappa shape index (κ1) is 18.7. The van der Waals surface area contributed by atoms with Crippen LogP contribution in [0, 0.1) is 39.4 Å². The van der Waals surface area contributed by atoms with E-state index in [1.807, 2.05) is 42.2 Å². The number of rotatable bonds is 3. The van der Waals surface area contributed by atoms with E-state index >= 15 is 0 Å². The molecule has 0 saturated carbocycles. The van der Waals surface area contributed by atoms with Gasteiger partial charge in [-0.1, -0.05) is 30.3 Å². The molecule has 4 rings (SSSR count). The number of hydrogen-bond donors (Lipinski definition) is 0. The third-order valence-corrected chi connectivity index (χ3v) is 5.52. The Morgan fingerprint density at radius 2 is 2.00 bits per heavy atom. The Balaban J connectivity index is 2.06. The van der Waals surface area contributed by atoms with Crippen molar-refractivity contribution < 1.29 is 9.47 Å². The topological polar surface area (TPSA) is 106 Å². The van der Waals surface area contributed by atoms with E-state index in [2.05, 4.69) is 23.2 Å². The van der Waals surface area contributed by atoms with Gasteiger partial charge in [0.15, 0.2) is 5.41 Å². The molecule has 1 aromatic heterocycles. The minimum absolute atomic E-state index is 0.179. The number of anilines is 1. The molecule has 29 heavy (non-hydrogen) atoms. The second-order valence-electron chi connectivity index (χ2n) is 7.04. The van der Waals surface area contributed by atoms with Gasteiger partial charge < -0.3 is 14.4 Å². The molecule has 144 valence electrons. The van der Waals surface area contributed by atoms with Crippen LogP contribution in [-0.2, 0) is 11.2 Å². The first-order chi connectivity index (χ1) is 14.2. The molecule has 7 heteroatoms.